The van der Waals surface area contributed by atoms with Crippen LogP contribution in [0.3, 0.4) is 0 Å². The summed E-state index contributed by atoms with van der Waals surface area (Å²) in [6.45, 7) is 2.73. The average Bonchev–Trinajstić information content (AvgIpc) is 2.58. The van der Waals surface area contributed by atoms with E-state index in [0.717, 1.165) is 24.8 Å². The van der Waals surface area contributed by atoms with Crippen LogP contribution in [-0.2, 0) is 4.74 Å². The molecule has 0 radical (unpaired) electrons. The standard InChI is InChI=1S/C16H15F2N3O2/c17-11-1-2-14(13(18)9-11)20-16(22)15-10-12(3-4-19-15)21-5-7-23-8-6-21/h1-4,9-10H,5-8H2,(H,20,22). The number of rotatable bonds is 3. The van der Waals surface area contributed by atoms with Crippen molar-refractivity contribution in [2.75, 3.05) is 36.5 Å². The number of nitrogens with zero attached hydrogens (tertiary/aromatic N) is 2. The molecule has 0 aliphatic carbocycles. The first-order valence-corrected chi connectivity index (χ1v) is 7.18. The van der Waals surface area contributed by atoms with E-state index in [1.165, 1.54) is 12.3 Å². The van der Waals surface area contributed by atoms with Crippen molar-refractivity contribution in [1.29, 1.82) is 0 Å². The Morgan fingerprint density at radius 2 is 1.96 bits per heavy atom. The van der Waals surface area contributed by atoms with Crippen molar-refractivity contribution in [2.45, 2.75) is 0 Å². The zero-order valence-electron chi connectivity index (χ0n) is 12.3. The highest BCUT2D eigenvalue weighted by Gasteiger charge is 2.15. The number of halogens is 2. The number of hydrogen-bond donors (Lipinski definition) is 1. The first kappa shape index (κ1) is 15.4. The van der Waals surface area contributed by atoms with Crippen molar-refractivity contribution < 1.29 is 18.3 Å². The molecular formula is C16H15F2N3O2. The molecule has 1 N–H and O–H groups in total. The maximum Gasteiger partial charge on any atom is 0.274 e. The average molecular weight is 319 g/mol. The zero-order valence-corrected chi connectivity index (χ0v) is 12.3. The third-order valence-electron chi connectivity index (χ3n) is 3.53. The van der Waals surface area contributed by atoms with Gasteiger partial charge in [-0.1, -0.05) is 0 Å². The van der Waals surface area contributed by atoms with E-state index in [1.807, 2.05) is 0 Å². The molecular weight excluding hydrogens is 304 g/mol. The van der Waals surface area contributed by atoms with Gasteiger partial charge in [-0.3, -0.25) is 9.78 Å². The van der Waals surface area contributed by atoms with Crippen molar-refractivity contribution in [3.05, 3.63) is 53.9 Å². The largest absolute Gasteiger partial charge is 0.378 e. The van der Waals surface area contributed by atoms with Gasteiger partial charge < -0.3 is 15.0 Å². The lowest BCUT2D eigenvalue weighted by atomic mass is 10.2. The third kappa shape index (κ3) is 3.62. The fourth-order valence-corrected chi connectivity index (χ4v) is 2.34. The van der Waals surface area contributed by atoms with E-state index in [9.17, 15) is 13.6 Å². The highest BCUT2D eigenvalue weighted by atomic mass is 19.1. The Hall–Kier alpha value is -2.54. The van der Waals surface area contributed by atoms with E-state index in [4.69, 9.17) is 4.74 Å². The second kappa shape index (κ2) is 6.70. The SMILES string of the molecule is O=C(Nc1ccc(F)cc1F)c1cc(N2CCOCC2)ccn1. The predicted octanol–water partition coefficient (Wildman–Crippen LogP) is 2.45. The summed E-state index contributed by atoms with van der Waals surface area (Å²) in [6.07, 6.45) is 1.53. The number of morpholine rings is 1. The highest BCUT2D eigenvalue weighted by molar-refractivity contribution is 6.03. The molecule has 0 unspecified atom stereocenters. The predicted molar refractivity (Wildman–Crippen MR) is 81.6 cm³/mol. The van der Waals surface area contributed by atoms with Crippen LogP contribution < -0.4 is 10.2 Å². The summed E-state index contributed by atoms with van der Waals surface area (Å²) < 4.78 is 31.8. The number of pyridine rings is 1. The van der Waals surface area contributed by atoms with Crippen LogP contribution in [0.15, 0.2) is 36.5 Å². The fourth-order valence-electron chi connectivity index (χ4n) is 2.34. The van der Waals surface area contributed by atoms with Gasteiger partial charge in [0.1, 0.15) is 17.3 Å². The minimum atomic E-state index is -0.831. The smallest absolute Gasteiger partial charge is 0.274 e. The Balaban J connectivity index is 1.76. The van der Waals surface area contributed by atoms with Gasteiger partial charge in [0.05, 0.1) is 18.9 Å². The van der Waals surface area contributed by atoms with Gasteiger partial charge in [-0.2, -0.15) is 0 Å². The monoisotopic (exact) mass is 319 g/mol. The Morgan fingerprint density at radius 1 is 1.17 bits per heavy atom. The van der Waals surface area contributed by atoms with Gasteiger partial charge >= 0.3 is 0 Å². The van der Waals surface area contributed by atoms with Crippen molar-refractivity contribution >= 4 is 17.3 Å². The number of aromatic nitrogens is 1. The Bertz CT molecular complexity index is 718. The van der Waals surface area contributed by atoms with Crippen LogP contribution in [0.5, 0.6) is 0 Å². The molecule has 1 fully saturated rings. The van der Waals surface area contributed by atoms with Gasteiger partial charge in [-0.15, -0.1) is 0 Å². The van der Waals surface area contributed by atoms with E-state index >= 15 is 0 Å². The molecule has 23 heavy (non-hydrogen) atoms. The number of hydrogen-bond acceptors (Lipinski definition) is 4. The lowest BCUT2D eigenvalue weighted by molar-refractivity contribution is 0.102. The molecule has 5 nitrogen and oxygen atoms in total. The van der Waals surface area contributed by atoms with Gasteiger partial charge in [0.15, 0.2) is 0 Å². The molecule has 0 saturated carbocycles. The normalized spacial score (nSPS) is 14.6. The Labute approximate surface area is 131 Å². The van der Waals surface area contributed by atoms with E-state index in [2.05, 4.69) is 15.2 Å². The molecule has 2 aromatic rings. The summed E-state index contributed by atoms with van der Waals surface area (Å²) in [5.74, 6) is -2.08. The molecule has 7 heteroatoms. The summed E-state index contributed by atoms with van der Waals surface area (Å²) in [6, 6.07) is 6.42. The lowest BCUT2D eigenvalue weighted by Crippen LogP contribution is -2.36. The summed E-state index contributed by atoms with van der Waals surface area (Å²) in [7, 11) is 0. The molecule has 1 amide bonds. The molecule has 1 aromatic carbocycles. The molecule has 120 valence electrons. The second-order valence-electron chi connectivity index (χ2n) is 5.08. The second-order valence-corrected chi connectivity index (χ2v) is 5.08. The zero-order chi connectivity index (χ0) is 16.2. The summed E-state index contributed by atoms with van der Waals surface area (Å²) in [5.41, 5.74) is 0.931. The lowest BCUT2D eigenvalue weighted by Gasteiger charge is -2.28. The molecule has 1 aromatic heterocycles. The van der Waals surface area contributed by atoms with Crippen molar-refractivity contribution in [2.24, 2.45) is 0 Å². The van der Waals surface area contributed by atoms with Crippen molar-refractivity contribution in [3.63, 3.8) is 0 Å². The fraction of sp³-hybridized carbons (Fsp3) is 0.250. The minimum absolute atomic E-state index is 0.0880. The minimum Gasteiger partial charge on any atom is -0.378 e. The molecule has 3 rings (SSSR count). The number of carbonyl (C=O) groups is 1. The van der Waals surface area contributed by atoms with Crippen LogP contribution in [0.4, 0.5) is 20.2 Å². The Kier molecular flexibility index (Phi) is 4.47. The number of ether oxygens (including phenoxy) is 1. The molecule has 2 heterocycles. The van der Waals surface area contributed by atoms with Crippen LogP contribution >= 0.6 is 0 Å². The van der Waals surface area contributed by atoms with E-state index in [-0.39, 0.29) is 11.4 Å². The first-order chi connectivity index (χ1) is 11.1. The quantitative estimate of drug-likeness (QED) is 0.944. The Morgan fingerprint density at radius 3 is 2.70 bits per heavy atom. The summed E-state index contributed by atoms with van der Waals surface area (Å²) >= 11 is 0. The number of nitrogens with one attached hydrogen (secondary N) is 1. The van der Waals surface area contributed by atoms with Gasteiger partial charge in [0.2, 0.25) is 0 Å². The molecule has 0 atom stereocenters. The summed E-state index contributed by atoms with van der Waals surface area (Å²) in [4.78, 5) is 18.3. The van der Waals surface area contributed by atoms with Crippen LogP contribution in [0.1, 0.15) is 10.5 Å². The van der Waals surface area contributed by atoms with E-state index < -0.39 is 17.5 Å². The number of anilines is 2. The van der Waals surface area contributed by atoms with Crippen LogP contribution in [0, 0.1) is 11.6 Å². The number of benzene rings is 1. The highest BCUT2D eigenvalue weighted by Crippen LogP contribution is 2.19. The van der Waals surface area contributed by atoms with Gasteiger partial charge in [-0.05, 0) is 24.3 Å². The van der Waals surface area contributed by atoms with Crippen LogP contribution in [0.25, 0.3) is 0 Å². The van der Waals surface area contributed by atoms with E-state index in [0.29, 0.717) is 19.3 Å². The van der Waals surface area contributed by atoms with Crippen molar-refractivity contribution in [3.8, 4) is 0 Å². The van der Waals surface area contributed by atoms with Crippen LogP contribution in [0.2, 0.25) is 0 Å². The number of amides is 1. The third-order valence-corrected chi connectivity index (χ3v) is 3.53. The van der Waals surface area contributed by atoms with Gasteiger partial charge in [0, 0.05) is 31.0 Å². The number of carbonyl (C=O) groups excluding carboxylic acids is 1. The molecule has 0 bridgehead atoms. The topological polar surface area (TPSA) is 54.5 Å². The first-order valence-electron chi connectivity index (χ1n) is 7.18. The summed E-state index contributed by atoms with van der Waals surface area (Å²) in [5, 5.41) is 2.40. The molecule has 1 saturated heterocycles. The molecule has 1 aliphatic rings. The van der Waals surface area contributed by atoms with Gasteiger partial charge in [0.25, 0.3) is 5.91 Å². The van der Waals surface area contributed by atoms with E-state index in [1.54, 1.807) is 12.1 Å². The van der Waals surface area contributed by atoms with Gasteiger partial charge in [-0.25, -0.2) is 8.78 Å². The van der Waals surface area contributed by atoms with Crippen molar-refractivity contribution in [1.82, 2.24) is 4.98 Å². The van der Waals surface area contributed by atoms with Crippen LogP contribution in [-0.4, -0.2) is 37.2 Å². The maximum atomic E-state index is 13.6. The molecule has 1 aliphatic heterocycles. The molecule has 0 spiro atoms. The maximum absolute atomic E-state index is 13.6.